The Morgan fingerprint density at radius 2 is 2.00 bits per heavy atom. The summed E-state index contributed by atoms with van der Waals surface area (Å²) >= 11 is 0. The minimum Gasteiger partial charge on any atom is -0.508 e. The lowest BCUT2D eigenvalue weighted by atomic mass is 10.1. The highest BCUT2D eigenvalue weighted by molar-refractivity contribution is 5.61. The number of rotatable bonds is 3. The molecule has 13 heavy (non-hydrogen) atoms. The molecule has 0 bridgehead atoms. The average Bonchev–Trinajstić information content (AvgIpc) is 2.12. The smallest absolute Gasteiger partial charge is 0.120 e. The second-order valence-corrected chi connectivity index (χ2v) is 3.05. The molecule has 0 aliphatic carbocycles. The van der Waals surface area contributed by atoms with Crippen LogP contribution in [0.4, 0.5) is 5.69 Å². The third kappa shape index (κ3) is 2.12. The normalized spacial score (nSPS) is 10.1. The van der Waals surface area contributed by atoms with Crippen LogP contribution in [-0.2, 0) is 0 Å². The molecule has 72 valence electrons. The summed E-state index contributed by atoms with van der Waals surface area (Å²) < 4.78 is 0. The first-order chi connectivity index (χ1) is 6.16. The first-order valence-electron chi connectivity index (χ1n) is 4.30. The molecule has 0 heterocycles. The van der Waals surface area contributed by atoms with Gasteiger partial charge in [-0.05, 0) is 25.5 Å². The Morgan fingerprint density at radius 1 is 1.31 bits per heavy atom. The fourth-order valence-electron chi connectivity index (χ4n) is 1.29. The number of hydrogen-bond donors (Lipinski definition) is 3. The van der Waals surface area contributed by atoms with E-state index in [1.54, 1.807) is 6.07 Å². The summed E-state index contributed by atoms with van der Waals surface area (Å²) in [6.45, 7) is 4.41. The highest BCUT2D eigenvalue weighted by atomic mass is 16.3. The lowest BCUT2D eigenvalue weighted by molar-refractivity contribution is 0.311. The van der Waals surface area contributed by atoms with E-state index in [1.807, 2.05) is 19.9 Å². The van der Waals surface area contributed by atoms with Crippen LogP contribution in [0.1, 0.15) is 11.1 Å². The van der Waals surface area contributed by atoms with Gasteiger partial charge in [0.25, 0.3) is 0 Å². The van der Waals surface area contributed by atoms with Gasteiger partial charge in [-0.3, -0.25) is 0 Å². The van der Waals surface area contributed by atoms with Gasteiger partial charge in [-0.1, -0.05) is 6.07 Å². The molecule has 3 nitrogen and oxygen atoms in total. The molecule has 0 unspecified atom stereocenters. The van der Waals surface area contributed by atoms with Gasteiger partial charge in [0.05, 0.1) is 6.61 Å². The van der Waals surface area contributed by atoms with Crippen LogP contribution in [0.5, 0.6) is 5.75 Å². The van der Waals surface area contributed by atoms with E-state index in [-0.39, 0.29) is 12.4 Å². The molecule has 0 atom stereocenters. The van der Waals surface area contributed by atoms with Crippen molar-refractivity contribution in [2.75, 3.05) is 18.5 Å². The lowest BCUT2D eigenvalue weighted by Gasteiger charge is -2.12. The number of aliphatic hydroxyl groups excluding tert-OH is 1. The van der Waals surface area contributed by atoms with Crippen LogP contribution >= 0.6 is 0 Å². The molecule has 0 spiro atoms. The van der Waals surface area contributed by atoms with Crippen molar-refractivity contribution in [2.24, 2.45) is 0 Å². The summed E-state index contributed by atoms with van der Waals surface area (Å²) in [6.07, 6.45) is 0. The summed E-state index contributed by atoms with van der Waals surface area (Å²) in [5, 5.41) is 21.1. The maximum absolute atomic E-state index is 9.42. The molecule has 1 rings (SSSR count). The molecule has 1 aromatic rings. The van der Waals surface area contributed by atoms with Crippen LogP contribution in [0, 0.1) is 13.8 Å². The van der Waals surface area contributed by atoms with Gasteiger partial charge < -0.3 is 15.5 Å². The Morgan fingerprint density at radius 3 is 2.62 bits per heavy atom. The number of hydrogen-bond acceptors (Lipinski definition) is 3. The zero-order valence-electron chi connectivity index (χ0n) is 7.96. The van der Waals surface area contributed by atoms with Crippen molar-refractivity contribution in [1.29, 1.82) is 0 Å². The number of phenolic OH excluding ortho intramolecular Hbond substituents is 1. The van der Waals surface area contributed by atoms with Gasteiger partial charge in [-0.2, -0.15) is 0 Å². The van der Waals surface area contributed by atoms with Crippen LogP contribution in [0.15, 0.2) is 12.1 Å². The van der Waals surface area contributed by atoms with Crippen LogP contribution in [0.2, 0.25) is 0 Å². The molecule has 0 fully saturated rings. The number of anilines is 1. The number of aromatic hydroxyl groups is 1. The van der Waals surface area contributed by atoms with Gasteiger partial charge in [0.1, 0.15) is 5.75 Å². The second-order valence-electron chi connectivity index (χ2n) is 3.05. The first kappa shape index (κ1) is 9.86. The number of phenols is 1. The maximum Gasteiger partial charge on any atom is 0.120 e. The van der Waals surface area contributed by atoms with E-state index in [1.165, 1.54) is 0 Å². The molecule has 0 amide bonds. The van der Waals surface area contributed by atoms with Gasteiger partial charge in [0.15, 0.2) is 0 Å². The Balaban J connectivity index is 2.96. The summed E-state index contributed by atoms with van der Waals surface area (Å²) in [6, 6.07) is 3.52. The molecular formula is C10H15NO2. The number of aryl methyl sites for hydroxylation is 1. The van der Waals surface area contributed by atoms with Gasteiger partial charge in [-0.15, -0.1) is 0 Å². The minimum absolute atomic E-state index is 0.0918. The third-order valence-electron chi connectivity index (χ3n) is 2.06. The molecule has 3 N–H and O–H groups in total. The van der Waals surface area contributed by atoms with Crippen molar-refractivity contribution in [1.82, 2.24) is 0 Å². The molecular weight excluding hydrogens is 166 g/mol. The third-order valence-corrected chi connectivity index (χ3v) is 2.06. The van der Waals surface area contributed by atoms with Crippen molar-refractivity contribution in [3.8, 4) is 5.75 Å². The van der Waals surface area contributed by atoms with E-state index in [0.29, 0.717) is 6.54 Å². The van der Waals surface area contributed by atoms with Crippen LogP contribution < -0.4 is 5.32 Å². The number of benzene rings is 1. The monoisotopic (exact) mass is 181 g/mol. The van der Waals surface area contributed by atoms with Crippen LogP contribution in [0.3, 0.4) is 0 Å². The Bertz CT molecular complexity index is 297. The van der Waals surface area contributed by atoms with E-state index in [0.717, 1.165) is 16.8 Å². The fraction of sp³-hybridized carbons (Fsp3) is 0.400. The second kappa shape index (κ2) is 4.14. The quantitative estimate of drug-likeness (QED) is 0.661. The SMILES string of the molecule is Cc1ccc(O)c(C)c1NCCO. The van der Waals surface area contributed by atoms with Crippen molar-refractivity contribution in [3.05, 3.63) is 23.3 Å². The van der Waals surface area contributed by atoms with Crippen molar-refractivity contribution < 1.29 is 10.2 Å². The Hall–Kier alpha value is -1.22. The summed E-state index contributed by atoms with van der Waals surface area (Å²) in [5.74, 6) is 0.283. The van der Waals surface area contributed by atoms with Gasteiger partial charge in [-0.25, -0.2) is 0 Å². The van der Waals surface area contributed by atoms with E-state index in [9.17, 15) is 5.11 Å². The summed E-state index contributed by atoms with van der Waals surface area (Å²) in [5.41, 5.74) is 2.81. The first-order valence-corrected chi connectivity index (χ1v) is 4.30. The molecule has 0 saturated heterocycles. The van der Waals surface area contributed by atoms with E-state index in [4.69, 9.17) is 5.11 Å². The summed E-state index contributed by atoms with van der Waals surface area (Å²) in [7, 11) is 0. The van der Waals surface area contributed by atoms with Gasteiger partial charge in [0, 0.05) is 17.8 Å². The largest absolute Gasteiger partial charge is 0.508 e. The number of nitrogens with one attached hydrogen (secondary N) is 1. The topological polar surface area (TPSA) is 52.5 Å². The van der Waals surface area contributed by atoms with E-state index < -0.39 is 0 Å². The molecule has 0 aliphatic heterocycles. The molecule has 0 radical (unpaired) electrons. The number of aliphatic hydroxyl groups is 1. The van der Waals surface area contributed by atoms with Crippen molar-refractivity contribution >= 4 is 5.69 Å². The van der Waals surface area contributed by atoms with Gasteiger partial charge in [0.2, 0.25) is 0 Å². The highest BCUT2D eigenvalue weighted by Crippen LogP contribution is 2.27. The molecule has 0 aliphatic rings. The summed E-state index contributed by atoms with van der Waals surface area (Å²) in [4.78, 5) is 0. The van der Waals surface area contributed by atoms with Crippen molar-refractivity contribution in [2.45, 2.75) is 13.8 Å². The molecule has 0 saturated carbocycles. The van der Waals surface area contributed by atoms with Gasteiger partial charge >= 0.3 is 0 Å². The highest BCUT2D eigenvalue weighted by Gasteiger charge is 2.04. The zero-order chi connectivity index (χ0) is 9.84. The standard InChI is InChI=1S/C10H15NO2/c1-7-3-4-9(13)8(2)10(7)11-5-6-12/h3-4,11-13H,5-6H2,1-2H3. The zero-order valence-corrected chi connectivity index (χ0v) is 7.96. The van der Waals surface area contributed by atoms with E-state index in [2.05, 4.69) is 5.32 Å². The predicted molar refractivity (Wildman–Crippen MR) is 53.2 cm³/mol. The predicted octanol–water partition coefficient (Wildman–Crippen LogP) is 1.41. The van der Waals surface area contributed by atoms with Crippen LogP contribution in [0.25, 0.3) is 0 Å². The van der Waals surface area contributed by atoms with Crippen molar-refractivity contribution in [3.63, 3.8) is 0 Å². The van der Waals surface area contributed by atoms with Crippen LogP contribution in [-0.4, -0.2) is 23.4 Å². The van der Waals surface area contributed by atoms with E-state index >= 15 is 0 Å². The molecule has 3 heteroatoms. The Kier molecular flexibility index (Phi) is 3.14. The molecule has 1 aromatic carbocycles. The average molecular weight is 181 g/mol. The minimum atomic E-state index is 0.0918. The Labute approximate surface area is 78.0 Å². The molecule has 0 aromatic heterocycles. The fourth-order valence-corrected chi connectivity index (χ4v) is 1.29. The maximum atomic E-state index is 9.42. The lowest BCUT2D eigenvalue weighted by Crippen LogP contribution is -2.07.